The summed E-state index contributed by atoms with van der Waals surface area (Å²) in [6.07, 6.45) is 1.05. The van der Waals surface area contributed by atoms with Crippen molar-refractivity contribution in [1.82, 2.24) is 10.2 Å². The van der Waals surface area contributed by atoms with Crippen molar-refractivity contribution in [3.63, 3.8) is 0 Å². The van der Waals surface area contributed by atoms with E-state index in [0.717, 1.165) is 19.6 Å². The molecule has 1 aliphatic heterocycles. The van der Waals surface area contributed by atoms with Crippen LogP contribution in [-0.4, -0.2) is 62.0 Å². The Morgan fingerprint density at radius 1 is 1.57 bits per heavy atom. The molecule has 1 aliphatic rings. The first-order chi connectivity index (χ1) is 6.49. The molecule has 0 saturated carbocycles. The zero-order valence-electron chi connectivity index (χ0n) is 9.42. The SMILES string of the molecule is CN(C)CC(C)(O)CNC1CCOC1. The lowest BCUT2D eigenvalue weighted by molar-refractivity contribution is 0.0309. The number of nitrogens with one attached hydrogen (secondary N) is 1. The molecule has 1 rings (SSSR count). The highest BCUT2D eigenvalue weighted by molar-refractivity contribution is 4.81. The standard InChI is InChI=1S/C10H22N2O2/c1-10(13,8-12(2)3)7-11-9-4-5-14-6-9/h9,11,13H,4-8H2,1-3H3. The first kappa shape index (κ1) is 11.9. The minimum atomic E-state index is -0.661. The Balaban J connectivity index is 2.20. The van der Waals surface area contributed by atoms with E-state index in [1.54, 1.807) is 0 Å². The van der Waals surface area contributed by atoms with Gasteiger partial charge in [0.15, 0.2) is 0 Å². The summed E-state index contributed by atoms with van der Waals surface area (Å²) in [6, 6.07) is 0.420. The summed E-state index contributed by atoms with van der Waals surface area (Å²) in [5.74, 6) is 0. The maximum Gasteiger partial charge on any atom is 0.0869 e. The third-order valence-corrected chi connectivity index (χ3v) is 2.36. The van der Waals surface area contributed by atoms with Gasteiger partial charge in [0.2, 0.25) is 0 Å². The first-order valence-corrected chi connectivity index (χ1v) is 5.18. The second-order valence-electron chi connectivity index (χ2n) is 4.68. The van der Waals surface area contributed by atoms with Gasteiger partial charge in [-0.25, -0.2) is 0 Å². The van der Waals surface area contributed by atoms with Gasteiger partial charge in [-0.2, -0.15) is 0 Å². The van der Waals surface area contributed by atoms with E-state index in [1.165, 1.54) is 0 Å². The molecule has 1 heterocycles. The molecule has 2 unspecified atom stereocenters. The summed E-state index contributed by atoms with van der Waals surface area (Å²) in [5.41, 5.74) is -0.661. The zero-order valence-corrected chi connectivity index (χ0v) is 9.42. The Labute approximate surface area is 86.2 Å². The molecular formula is C10H22N2O2. The quantitative estimate of drug-likeness (QED) is 0.641. The Morgan fingerprint density at radius 2 is 2.29 bits per heavy atom. The van der Waals surface area contributed by atoms with Crippen LogP contribution in [0.15, 0.2) is 0 Å². The molecule has 0 aliphatic carbocycles. The summed E-state index contributed by atoms with van der Waals surface area (Å²) in [4.78, 5) is 1.99. The number of aliphatic hydroxyl groups is 1. The normalized spacial score (nSPS) is 26.8. The predicted octanol–water partition coefficient (Wildman–Crippen LogP) is -0.322. The van der Waals surface area contributed by atoms with Crippen molar-refractivity contribution < 1.29 is 9.84 Å². The highest BCUT2D eigenvalue weighted by Gasteiger charge is 2.24. The van der Waals surface area contributed by atoms with E-state index in [2.05, 4.69) is 5.32 Å². The van der Waals surface area contributed by atoms with Gasteiger partial charge in [-0.1, -0.05) is 0 Å². The summed E-state index contributed by atoms with van der Waals surface area (Å²) in [5, 5.41) is 13.3. The molecular weight excluding hydrogens is 180 g/mol. The van der Waals surface area contributed by atoms with Gasteiger partial charge in [0.05, 0.1) is 12.2 Å². The molecule has 4 heteroatoms. The van der Waals surface area contributed by atoms with E-state index in [1.807, 2.05) is 25.9 Å². The fourth-order valence-corrected chi connectivity index (χ4v) is 1.80. The van der Waals surface area contributed by atoms with Crippen LogP contribution in [0.5, 0.6) is 0 Å². The van der Waals surface area contributed by atoms with E-state index < -0.39 is 5.60 Å². The fraction of sp³-hybridized carbons (Fsp3) is 1.00. The van der Waals surface area contributed by atoms with Crippen LogP contribution in [-0.2, 0) is 4.74 Å². The van der Waals surface area contributed by atoms with Crippen molar-refractivity contribution in [2.24, 2.45) is 0 Å². The Kier molecular flexibility index (Phi) is 4.31. The van der Waals surface area contributed by atoms with Crippen LogP contribution in [0.2, 0.25) is 0 Å². The lowest BCUT2D eigenvalue weighted by Gasteiger charge is -2.28. The number of likely N-dealkylation sites (N-methyl/N-ethyl adjacent to an activating group) is 1. The Hall–Kier alpha value is -0.160. The lowest BCUT2D eigenvalue weighted by atomic mass is 10.1. The van der Waals surface area contributed by atoms with Crippen LogP contribution in [0.3, 0.4) is 0 Å². The van der Waals surface area contributed by atoms with E-state index in [0.29, 0.717) is 19.1 Å². The molecule has 84 valence electrons. The first-order valence-electron chi connectivity index (χ1n) is 5.18. The van der Waals surface area contributed by atoms with Gasteiger partial charge in [0.25, 0.3) is 0 Å². The predicted molar refractivity (Wildman–Crippen MR) is 56.4 cm³/mol. The molecule has 0 radical (unpaired) electrons. The van der Waals surface area contributed by atoms with Crippen LogP contribution in [0, 0.1) is 0 Å². The van der Waals surface area contributed by atoms with Crippen LogP contribution in [0.1, 0.15) is 13.3 Å². The molecule has 0 aromatic rings. The highest BCUT2D eigenvalue weighted by atomic mass is 16.5. The zero-order chi connectivity index (χ0) is 10.6. The summed E-state index contributed by atoms with van der Waals surface area (Å²) in [7, 11) is 3.93. The van der Waals surface area contributed by atoms with Crippen molar-refractivity contribution in [1.29, 1.82) is 0 Å². The smallest absolute Gasteiger partial charge is 0.0869 e. The van der Waals surface area contributed by atoms with Crippen LogP contribution in [0.4, 0.5) is 0 Å². The minimum Gasteiger partial charge on any atom is -0.388 e. The average molecular weight is 202 g/mol. The van der Waals surface area contributed by atoms with E-state index in [9.17, 15) is 5.11 Å². The topological polar surface area (TPSA) is 44.7 Å². The van der Waals surface area contributed by atoms with Crippen LogP contribution >= 0.6 is 0 Å². The van der Waals surface area contributed by atoms with Crippen molar-refractivity contribution in [2.75, 3.05) is 40.4 Å². The molecule has 0 aromatic carbocycles. The van der Waals surface area contributed by atoms with Crippen LogP contribution < -0.4 is 5.32 Å². The van der Waals surface area contributed by atoms with Crippen molar-refractivity contribution >= 4 is 0 Å². The van der Waals surface area contributed by atoms with Gasteiger partial charge < -0.3 is 20.1 Å². The van der Waals surface area contributed by atoms with E-state index in [4.69, 9.17) is 4.74 Å². The van der Waals surface area contributed by atoms with Gasteiger partial charge in [-0.05, 0) is 27.4 Å². The van der Waals surface area contributed by atoms with Crippen molar-refractivity contribution in [2.45, 2.75) is 25.0 Å². The maximum atomic E-state index is 10.0. The molecule has 0 bridgehead atoms. The molecule has 0 amide bonds. The van der Waals surface area contributed by atoms with Crippen molar-refractivity contribution in [3.8, 4) is 0 Å². The van der Waals surface area contributed by atoms with Gasteiger partial charge in [0.1, 0.15) is 0 Å². The number of rotatable bonds is 5. The molecule has 1 saturated heterocycles. The molecule has 4 nitrogen and oxygen atoms in total. The second-order valence-corrected chi connectivity index (χ2v) is 4.68. The number of nitrogens with zero attached hydrogens (tertiary/aromatic N) is 1. The summed E-state index contributed by atoms with van der Waals surface area (Å²) >= 11 is 0. The monoisotopic (exact) mass is 202 g/mol. The third kappa shape index (κ3) is 4.37. The molecule has 1 fully saturated rings. The number of hydrogen-bond donors (Lipinski definition) is 2. The number of hydrogen-bond acceptors (Lipinski definition) is 4. The summed E-state index contributed by atoms with van der Waals surface area (Å²) < 4.78 is 5.25. The third-order valence-electron chi connectivity index (χ3n) is 2.36. The van der Waals surface area contributed by atoms with Crippen molar-refractivity contribution in [3.05, 3.63) is 0 Å². The van der Waals surface area contributed by atoms with Gasteiger partial charge in [-0.3, -0.25) is 0 Å². The average Bonchev–Trinajstić information content (AvgIpc) is 2.50. The van der Waals surface area contributed by atoms with E-state index in [-0.39, 0.29) is 0 Å². The van der Waals surface area contributed by atoms with Gasteiger partial charge in [0, 0.05) is 25.7 Å². The van der Waals surface area contributed by atoms with E-state index >= 15 is 0 Å². The minimum absolute atomic E-state index is 0.420. The highest BCUT2D eigenvalue weighted by Crippen LogP contribution is 2.07. The Morgan fingerprint density at radius 3 is 2.79 bits per heavy atom. The summed E-state index contributed by atoms with van der Waals surface area (Å²) in [6.45, 7) is 4.77. The molecule has 2 N–H and O–H groups in total. The largest absolute Gasteiger partial charge is 0.388 e. The van der Waals surface area contributed by atoms with Gasteiger partial charge >= 0.3 is 0 Å². The fourth-order valence-electron chi connectivity index (χ4n) is 1.80. The molecule has 0 aromatic heterocycles. The molecule has 2 atom stereocenters. The second kappa shape index (κ2) is 5.07. The molecule has 14 heavy (non-hydrogen) atoms. The molecule has 0 spiro atoms. The van der Waals surface area contributed by atoms with Crippen LogP contribution in [0.25, 0.3) is 0 Å². The Bertz CT molecular complexity index is 166. The number of ether oxygens (including phenoxy) is 1. The maximum absolute atomic E-state index is 10.0. The van der Waals surface area contributed by atoms with Gasteiger partial charge in [-0.15, -0.1) is 0 Å². The lowest BCUT2D eigenvalue weighted by Crippen LogP contribution is -2.48.